The summed E-state index contributed by atoms with van der Waals surface area (Å²) < 4.78 is 35.8. The molecule has 5 nitrogen and oxygen atoms in total. The smallest absolute Gasteiger partial charge is 0.297 e. The van der Waals surface area contributed by atoms with Crippen LogP contribution in [0.1, 0.15) is 41.5 Å². The van der Waals surface area contributed by atoms with Gasteiger partial charge in [0.05, 0.1) is 23.8 Å². The predicted octanol–water partition coefficient (Wildman–Crippen LogP) is 3.15. The van der Waals surface area contributed by atoms with E-state index in [0.29, 0.717) is 12.3 Å². The lowest BCUT2D eigenvalue weighted by molar-refractivity contribution is 0.191. The van der Waals surface area contributed by atoms with E-state index in [0.717, 1.165) is 23.2 Å². The monoisotopic (exact) mass is 345 g/mol. The van der Waals surface area contributed by atoms with Gasteiger partial charge in [0, 0.05) is 17.9 Å². The van der Waals surface area contributed by atoms with Crippen molar-refractivity contribution in [2.24, 2.45) is 0 Å². The predicted molar refractivity (Wildman–Crippen MR) is 88.7 cm³/mol. The van der Waals surface area contributed by atoms with Gasteiger partial charge in [-0.05, 0) is 37.5 Å². The zero-order valence-electron chi connectivity index (χ0n) is 13.6. The Morgan fingerprint density at radius 3 is 2.54 bits per heavy atom. The van der Waals surface area contributed by atoms with Crippen LogP contribution in [-0.2, 0) is 14.3 Å². The molecule has 2 aliphatic carbocycles. The van der Waals surface area contributed by atoms with E-state index in [1.165, 1.54) is 0 Å². The third kappa shape index (κ3) is 2.50. The van der Waals surface area contributed by atoms with Crippen LogP contribution in [0.2, 0.25) is 0 Å². The molecule has 0 spiro atoms. The second-order valence-electron chi connectivity index (χ2n) is 6.50. The second kappa shape index (κ2) is 5.57. The van der Waals surface area contributed by atoms with Crippen LogP contribution in [-0.4, -0.2) is 26.6 Å². The molecule has 1 heterocycles. The summed E-state index contributed by atoms with van der Waals surface area (Å²) in [6.45, 7) is 1.92. The molecular weight excluding hydrogens is 326 g/mol. The second-order valence-corrected chi connectivity index (χ2v) is 8.08. The summed E-state index contributed by atoms with van der Waals surface area (Å²) in [5.41, 5.74) is 3.14. The Morgan fingerprint density at radius 2 is 1.83 bits per heavy atom. The van der Waals surface area contributed by atoms with Crippen molar-refractivity contribution in [3.05, 3.63) is 53.2 Å². The highest BCUT2D eigenvalue weighted by atomic mass is 32.2. The van der Waals surface area contributed by atoms with Gasteiger partial charge in [-0.3, -0.25) is 4.18 Å². The summed E-state index contributed by atoms with van der Waals surface area (Å²) >= 11 is 0. The minimum Gasteiger partial charge on any atom is -0.481 e. The molecule has 24 heavy (non-hydrogen) atoms. The highest BCUT2D eigenvalue weighted by Gasteiger charge is 2.47. The van der Waals surface area contributed by atoms with Gasteiger partial charge in [0.15, 0.2) is 0 Å². The van der Waals surface area contributed by atoms with Gasteiger partial charge >= 0.3 is 0 Å². The van der Waals surface area contributed by atoms with Gasteiger partial charge in [-0.1, -0.05) is 23.8 Å². The minimum atomic E-state index is -3.74. The van der Waals surface area contributed by atoms with Crippen molar-refractivity contribution in [2.75, 3.05) is 7.11 Å². The van der Waals surface area contributed by atoms with Crippen LogP contribution in [0.5, 0.6) is 5.88 Å². The lowest BCUT2D eigenvalue weighted by Crippen LogP contribution is -2.24. The molecule has 126 valence electrons. The van der Waals surface area contributed by atoms with Gasteiger partial charge in [-0.15, -0.1) is 0 Å². The minimum absolute atomic E-state index is 0.0867. The molecule has 2 aliphatic rings. The fourth-order valence-corrected chi connectivity index (χ4v) is 4.92. The molecule has 4 rings (SSSR count). The first-order valence-corrected chi connectivity index (χ1v) is 9.43. The molecule has 1 fully saturated rings. The van der Waals surface area contributed by atoms with Gasteiger partial charge in [0.25, 0.3) is 10.1 Å². The van der Waals surface area contributed by atoms with Gasteiger partial charge in [-0.25, -0.2) is 4.98 Å². The molecule has 1 saturated carbocycles. The number of nitrogens with zero attached hydrogens (tertiary/aromatic N) is 1. The van der Waals surface area contributed by atoms with E-state index < -0.39 is 10.1 Å². The zero-order valence-corrected chi connectivity index (χ0v) is 14.4. The summed E-state index contributed by atoms with van der Waals surface area (Å²) in [4.78, 5) is 4.74. The Bertz CT molecular complexity index is 876. The number of rotatable bonds is 4. The lowest BCUT2D eigenvalue weighted by atomic mass is 9.94. The molecule has 0 N–H and O–H groups in total. The maximum atomic E-state index is 12.5. The molecule has 0 aliphatic heterocycles. The number of aryl methyl sites for hydroxylation is 1. The molecule has 2 bridgehead atoms. The van der Waals surface area contributed by atoms with Crippen LogP contribution in [0.15, 0.2) is 41.3 Å². The Morgan fingerprint density at radius 1 is 1.08 bits per heavy atom. The average Bonchev–Trinajstić information content (AvgIpc) is 3.13. The number of aromatic nitrogens is 1. The van der Waals surface area contributed by atoms with Crippen molar-refractivity contribution >= 4 is 10.1 Å². The van der Waals surface area contributed by atoms with E-state index in [-0.39, 0.29) is 22.8 Å². The first kappa shape index (κ1) is 15.6. The summed E-state index contributed by atoms with van der Waals surface area (Å²) in [6, 6.07) is 10.6. The van der Waals surface area contributed by atoms with Crippen molar-refractivity contribution < 1.29 is 17.3 Å². The van der Waals surface area contributed by atoms with Crippen LogP contribution in [0, 0.1) is 6.92 Å². The molecule has 0 unspecified atom stereocenters. The number of fused-ring (bicyclic) bond motifs is 5. The van der Waals surface area contributed by atoms with Crippen molar-refractivity contribution in [1.29, 1.82) is 0 Å². The maximum Gasteiger partial charge on any atom is 0.297 e. The first-order chi connectivity index (χ1) is 11.5. The molecular formula is C18H19NO4S. The molecule has 0 saturated heterocycles. The van der Waals surface area contributed by atoms with Gasteiger partial charge < -0.3 is 4.74 Å². The zero-order chi connectivity index (χ0) is 16.9. The van der Waals surface area contributed by atoms with Crippen LogP contribution in [0.3, 0.4) is 0 Å². The Balaban J connectivity index is 1.58. The quantitative estimate of drug-likeness (QED) is 0.797. The summed E-state index contributed by atoms with van der Waals surface area (Å²) in [6.07, 6.45) is 1.26. The normalized spacial score (nSPS) is 24.8. The van der Waals surface area contributed by atoms with E-state index >= 15 is 0 Å². The van der Waals surface area contributed by atoms with Crippen molar-refractivity contribution in [3.63, 3.8) is 0 Å². The Hall–Kier alpha value is -1.92. The lowest BCUT2D eigenvalue weighted by Gasteiger charge is -2.23. The third-order valence-electron chi connectivity index (χ3n) is 4.99. The van der Waals surface area contributed by atoms with E-state index in [4.69, 9.17) is 8.92 Å². The van der Waals surface area contributed by atoms with E-state index in [2.05, 4.69) is 4.98 Å². The molecule has 3 atom stereocenters. The summed E-state index contributed by atoms with van der Waals surface area (Å²) in [5, 5.41) is 0. The highest BCUT2D eigenvalue weighted by Crippen LogP contribution is 2.54. The van der Waals surface area contributed by atoms with Crippen LogP contribution >= 0.6 is 0 Å². The van der Waals surface area contributed by atoms with Crippen LogP contribution < -0.4 is 4.74 Å². The first-order valence-electron chi connectivity index (χ1n) is 8.03. The van der Waals surface area contributed by atoms with Crippen LogP contribution in [0.4, 0.5) is 0 Å². The van der Waals surface area contributed by atoms with Gasteiger partial charge in [-0.2, -0.15) is 8.42 Å². The van der Waals surface area contributed by atoms with Gasteiger partial charge in [0.1, 0.15) is 0 Å². The number of benzene rings is 1. The number of pyridine rings is 1. The SMILES string of the molecule is COc1ccc2c(n1)[C@@H]1C[C@@H](OS(=O)(=O)c3ccc(C)cc3)[C@H]2C1. The number of methoxy groups -OCH3 is 1. The molecule has 6 heteroatoms. The number of hydrogen-bond donors (Lipinski definition) is 0. The van der Waals surface area contributed by atoms with Crippen molar-refractivity contribution in [2.45, 2.75) is 42.6 Å². The maximum absolute atomic E-state index is 12.5. The molecule has 1 aromatic heterocycles. The largest absolute Gasteiger partial charge is 0.481 e. The number of hydrogen-bond acceptors (Lipinski definition) is 5. The van der Waals surface area contributed by atoms with Crippen molar-refractivity contribution in [3.8, 4) is 5.88 Å². The van der Waals surface area contributed by atoms with Crippen LogP contribution in [0.25, 0.3) is 0 Å². The highest BCUT2D eigenvalue weighted by molar-refractivity contribution is 7.86. The van der Waals surface area contributed by atoms with E-state index in [1.807, 2.05) is 19.1 Å². The van der Waals surface area contributed by atoms with E-state index in [1.54, 1.807) is 31.4 Å². The molecule has 1 aromatic carbocycles. The summed E-state index contributed by atoms with van der Waals surface area (Å²) in [7, 11) is -2.14. The fraction of sp³-hybridized carbons (Fsp3) is 0.389. The topological polar surface area (TPSA) is 65.5 Å². The van der Waals surface area contributed by atoms with Gasteiger partial charge in [0.2, 0.25) is 5.88 Å². The standard InChI is InChI=1S/C18H19NO4S/c1-11-3-5-13(6-4-11)24(20,21)23-16-10-12-9-15(16)14-7-8-17(22-2)19-18(12)14/h3-8,12,15-16H,9-10H2,1-2H3/t12-,15-,16+/m0/s1. The molecule has 0 radical (unpaired) electrons. The fourth-order valence-electron chi connectivity index (χ4n) is 3.80. The molecule has 2 aromatic rings. The average molecular weight is 345 g/mol. The molecule has 0 amide bonds. The Labute approximate surface area is 141 Å². The number of ether oxygens (including phenoxy) is 1. The van der Waals surface area contributed by atoms with E-state index in [9.17, 15) is 8.42 Å². The Kier molecular flexibility index (Phi) is 3.62. The van der Waals surface area contributed by atoms with Crippen molar-refractivity contribution in [1.82, 2.24) is 4.98 Å². The third-order valence-corrected chi connectivity index (χ3v) is 6.34. The summed E-state index contributed by atoms with van der Waals surface area (Å²) in [5.74, 6) is 0.938.